The lowest BCUT2D eigenvalue weighted by molar-refractivity contribution is 0.816. The fourth-order valence-corrected chi connectivity index (χ4v) is 4.16. The predicted molar refractivity (Wildman–Crippen MR) is 91.0 cm³/mol. The molecule has 1 heterocycles. The lowest BCUT2D eigenvalue weighted by Gasteiger charge is -2.20. The maximum atomic E-state index is 3.66. The van der Waals surface area contributed by atoms with Gasteiger partial charge in [-0.25, -0.2) is 0 Å². The molecule has 0 fully saturated rings. The Balaban J connectivity index is 2.12. The van der Waals surface area contributed by atoms with Crippen molar-refractivity contribution in [2.45, 2.75) is 13.1 Å². The number of halogens is 2. The fourth-order valence-electron chi connectivity index (χ4n) is 1.93. The van der Waals surface area contributed by atoms with Gasteiger partial charge in [0.25, 0.3) is 0 Å². The summed E-state index contributed by atoms with van der Waals surface area (Å²) in [6.07, 6.45) is 0. The normalized spacial score (nSPS) is 10.7. The van der Waals surface area contributed by atoms with Crippen LogP contribution in [0.1, 0.15) is 10.4 Å². The molecule has 0 saturated heterocycles. The number of nitrogens with one attached hydrogen (secondary N) is 1. The van der Waals surface area contributed by atoms with Crippen molar-refractivity contribution < 1.29 is 0 Å². The van der Waals surface area contributed by atoms with Crippen LogP contribution in [0, 0.1) is 0 Å². The van der Waals surface area contributed by atoms with E-state index in [4.69, 9.17) is 0 Å². The number of benzene rings is 1. The van der Waals surface area contributed by atoms with Gasteiger partial charge < -0.3 is 10.2 Å². The molecule has 0 saturated carbocycles. The Bertz CT molecular complexity index is 554. The Kier molecular flexibility index (Phi) is 5.45. The third-order valence-corrected chi connectivity index (χ3v) is 5.14. The molecule has 102 valence electrons. The number of hydrogen-bond donors (Lipinski definition) is 1. The molecule has 0 bridgehead atoms. The molecular formula is C14H16Br2N2S. The van der Waals surface area contributed by atoms with Crippen molar-refractivity contribution in [2.75, 3.05) is 19.0 Å². The van der Waals surface area contributed by atoms with E-state index >= 15 is 0 Å². The molecule has 2 nitrogen and oxygen atoms in total. The van der Waals surface area contributed by atoms with Gasteiger partial charge in [-0.2, -0.15) is 0 Å². The van der Waals surface area contributed by atoms with Crippen LogP contribution < -0.4 is 10.2 Å². The van der Waals surface area contributed by atoms with Gasteiger partial charge in [0.1, 0.15) is 0 Å². The summed E-state index contributed by atoms with van der Waals surface area (Å²) < 4.78 is 2.29. The predicted octanol–water partition coefficient (Wildman–Crippen LogP) is 4.63. The maximum Gasteiger partial charge on any atom is 0.0520 e. The van der Waals surface area contributed by atoms with Crippen molar-refractivity contribution in [1.82, 2.24) is 5.32 Å². The molecule has 2 rings (SSSR count). The molecule has 2 aromatic rings. The van der Waals surface area contributed by atoms with Crippen LogP contribution in [-0.2, 0) is 13.1 Å². The fraction of sp³-hybridized carbons (Fsp3) is 0.286. The van der Waals surface area contributed by atoms with Crippen LogP contribution in [0.2, 0.25) is 0 Å². The minimum atomic E-state index is 0.889. The first-order valence-corrected chi connectivity index (χ1v) is 8.44. The van der Waals surface area contributed by atoms with Gasteiger partial charge in [0.05, 0.1) is 12.2 Å². The number of rotatable bonds is 5. The van der Waals surface area contributed by atoms with E-state index in [2.05, 4.69) is 78.8 Å². The highest BCUT2D eigenvalue weighted by molar-refractivity contribution is 9.10. The van der Waals surface area contributed by atoms with E-state index in [1.807, 2.05) is 7.05 Å². The highest BCUT2D eigenvalue weighted by Crippen LogP contribution is 2.29. The second-order valence-corrected chi connectivity index (χ2v) is 7.17. The summed E-state index contributed by atoms with van der Waals surface area (Å²) in [6.45, 7) is 1.81. The first kappa shape index (κ1) is 15.0. The Morgan fingerprint density at radius 1 is 1.26 bits per heavy atom. The highest BCUT2D eigenvalue weighted by Gasteiger charge is 2.08. The first-order chi connectivity index (χ1) is 9.10. The molecular weight excluding hydrogens is 388 g/mol. The Morgan fingerprint density at radius 3 is 2.63 bits per heavy atom. The lowest BCUT2D eigenvalue weighted by Crippen LogP contribution is -2.16. The largest absolute Gasteiger partial charge is 0.369 e. The average Bonchev–Trinajstić information content (AvgIpc) is 2.75. The number of anilines is 1. The summed E-state index contributed by atoms with van der Waals surface area (Å²) in [5.74, 6) is 0. The molecule has 0 atom stereocenters. The molecule has 0 unspecified atom stereocenters. The van der Waals surface area contributed by atoms with E-state index in [-0.39, 0.29) is 0 Å². The Morgan fingerprint density at radius 2 is 2.05 bits per heavy atom. The maximum absolute atomic E-state index is 3.66. The van der Waals surface area contributed by atoms with E-state index in [9.17, 15) is 0 Å². The molecule has 1 aromatic heterocycles. The molecule has 0 aliphatic heterocycles. The monoisotopic (exact) mass is 402 g/mol. The third kappa shape index (κ3) is 4.05. The second kappa shape index (κ2) is 6.88. The van der Waals surface area contributed by atoms with Crippen LogP contribution >= 0.6 is 43.2 Å². The summed E-state index contributed by atoms with van der Waals surface area (Å²) in [5.41, 5.74) is 2.50. The molecule has 0 aliphatic carbocycles. The molecule has 0 radical (unpaired) electrons. The van der Waals surface area contributed by atoms with Gasteiger partial charge in [0, 0.05) is 32.8 Å². The first-order valence-electron chi connectivity index (χ1n) is 5.97. The van der Waals surface area contributed by atoms with E-state index in [0.717, 1.165) is 22.0 Å². The van der Waals surface area contributed by atoms with Gasteiger partial charge in [-0.05, 0) is 62.7 Å². The number of thiophene rings is 1. The van der Waals surface area contributed by atoms with Crippen LogP contribution in [0.5, 0.6) is 0 Å². The third-order valence-electron chi connectivity index (χ3n) is 2.82. The van der Waals surface area contributed by atoms with Crippen LogP contribution in [-0.4, -0.2) is 14.1 Å². The van der Waals surface area contributed by atoms with E-state index in [1.54, 1.807) is 11.3 Å². The van der Waals surface area contributed by atoms with Crippen LogP contribution in [0.15, 0.2) is 38.6 Å². The summed E-state index contributed by atoms with van der Waals surface area (Å²) in [5, 5.41) is 5.28. The SMILES string of the molecule is CNCc1ccc(N(C)Cc2cc(Br)cs2)c(Br)c1. The standard InChI is InChI=1S/C14H16Br2N2S/c1-17-7-10-3-4-14(13(16)5-10)18(2)8-12-6-11(15)9-19-12/h3-6,9,17H,7-8H2,1-2H3. The topological polar surface area (TPSA) is 15.3 Å². The molecule has 1 N–H and O–H groups in total. The second-order valence-electron chi connectivity index (χ2n) is 4.40. The minimum Gasteiger partial charge on any atom is -0.369 e. The summed E-state index contributed by atoms with van der Waals surface area (Å²) >= 11 is 8.93. The van der Waals surface area contributed by atoms with Crippen molar-refractivity contribution in [3.63, 3.8) is 0 Å². The summed E-state index contributed by atoms with van der Waals surface area (Å²) in [6, 6.07) is 8.67. The molecule has 5 heteroatoms. The van der Waals surface area contributed by atoms with E-state index in [1.165, 1.54) is 16.1 Å². The molecule has 19 heavy (non-hydrogen) atoms. The van der Waals surface area contributed by atoms with E-state index < -0.39 is 0 Å². The quantitative estimate of drug-likeness (QED) is 0.782. The van der Waals surface area contributed by atoms with Gasteiger partial charge in [-0.15, -0.1) is 11.3 Å². The van der Waals surface area contributed by atoms with Crippen molar-refractivity contribution >= 4 is 48.9 Å². The average molecular weight is 404 g/mol. The molecule has 0 spiro atoms. The zero-order valence-electron chi connectivity index (χ0n) is 10.9. The number of hydrogen-bond acceptors (Lipinski definition) is 3. The van der Waals surface area contributed by atoms with Gasteiger partial charge in [0.2, 0.25) is 0 Å². The van der Waals surface area contributed by atoms with Gasteiger partial charge in [0.15, 0.2) is 0 Å². The van der Waals surface area contributed by atoms with Crippen molar-refractivity contribution in [3.8, 4) is 0 Å². The molecule has 1 aromatic carbocycles. The van der Waals surface area contributed by atoms with E-state index in [0.29, 0.717) is 0 Å². The van der Waals surface area contributed by atoms with Gasteiger partial charge >= 0.3 is 0 Å². The summed E-state index contributed by atoms with van der Waals surface area (Å²) in [4.78, 5) is 3.60. The van der Waals surface area contributed by atoms with Gasteiger partial charge in [-0.3, -0.25) is 0 Å². The number of nitrogens with zero attached hydrogens (tertiary/aromatic N) is 1. The Hall–Kier alpha value is -0.360. The van der Waals surface area contributed by atoms with Crippen LogP contribution in [0.4, 0.5) is 5.69 Å². The van der Waals surface area contributed by atoms with Crippen LogP contribution in [0.3, 0.4) is 0 Å². The smallest absolute Gasteiger partial charge is 0.0520 e. The zero-order chi connectivity index (χ0) is 13.8. The van der Waals surface area contributed by atoms with Crippen molar-refractivity contribution in [1.29, 1.82) is 0 Å². The molecule has 0 aliphatic rings. The lowest BCUT2D eigenvalue weighted by atomic mass is 10.2. The molecule has 0 amide bonds. The summed E-state index contributed by atoms with van der Waals surface area (Å²) in [7, 11) is 4.08. The minimum absolute atomic E-state index is 0.889. The van der Waals surface area contributed by atoms with Crippen molar-refractivity contribution in [2.24, 2.45) is 0 Å². The highest BCUT2D eigenvalue weighted by atomic mass is 79.9. The van der Waals surface area contributed by atoms with Crippen LogP contribution in [0.25, 0.3) is 0 Å². The zero-order valence-corrected chi connectivity index (χ0v) is 14.9. The Labute approximate surface area is 135 Å². The van der Waals surface area contributed by atoms with Gasteiger partial charge in [-0.1, -0.05) is 6.07 Å². The van der Waals surface area contributed by atoms with Crippen molar-refractivity contribution in [3.05, 3.63) is 49.0 Å².